The summed E-state index contributed by atoms with van der Waals surface area (Å²) < 4.78 is 11.0. The predicted octanol–water partition coefficient (Wildman–Crippen LogP) is 1.10. The average Bonchev–Trinajstić information content (AvgIpc) is 2.56. The summed E-state index contributed by atoms with van der Waals surface area (Å²) in [5.74, 6) is 0.901. The number of para-hydroxylation sites is 1. The summed E-state index contributed by atoms with van der Waals surface area (Å²) in [4.78, 5) is 0. The third kappa shape index (κ3) is 1.89. The van der Waals surface area contributed by atoms with Gasteiger partial charge in [0.15, 0.2) is 0 Å². The molecule has 2 N–H and O–H groups in total. The Kier molecular flexibility index (Phi) is 2.70. The van der Waals surface area contributed by atoms with Crippen LogP contribution in [-0.4, -0.2) is 25.4 Å². The third-order valence-electron chi connectivity index (χ3n) is 2.44. The number of ether oxygens (including phenoxy) is 2. The molecule has 1 heterocycles. The SMILES string of the molecule is Cc1ccccc1O[C@H]1COC[C@H]1N. The van der Waals surface area contributed by atoms with Crippen LogP contribution in [0.25, 0.3) is 0 Å². The summed E-state index contributed by atoms with van der Waals surface area (Å²) in [6.07, 6.45) is -0.00361. The van der Waals surface area contributed by atoms with E-state index in [1.165, 1.54) is 0 Å². The average molecular weight is 193 g/mol. The van der Waals surface area contributed by atoms with Crippen LogP contribution >= 0.6 is 0 Å². The third-order valence-corrected chi connectivity index (χ3v) is 2.44. The second-order valence-corrected chi connectivity index (χ2v) is 3.62. The molecule has 1 fully saturated rings. The van der Waals surface area contributed by atoms with Gasteiger partial charge in [-0.05, 0) is 18.6 Å². The van der Waals surface area contributed by atoms with Crippen molar-refractivity contribution in [3.63, 3.8) is 0 Å². The molecule has 0 saturated carbocycles. The molecule has 0 aromatic heterocycles. The molecule has 2 atom stereocenters. The molecule has 0 amide bonds. The summed E-state index contributed by atoms with van der Waals surface area (Å²) >= 11 is 0. The zero-order valence-electron chi connectivity index (χ0n) is 8.27. The lowest BCUT2D eigenvalue weighted by atomic mass is 10.2. The van der Waals surface area contributed by atoms with Gasteiger partial charge in [-0.3, -0.25) is 0 Å². The van der Waals surface area contributed by atoms with Crippen LogP contribution in [-0.2, 0) is 4.74 Å². The normalized spacial score (nSPS) is 26.4. The van der Waals surface area contributed by atoms with Crippen LogP contribution in [0.4, 0.5) is 0 Å². The van der Waals surface area contributed by atoms with E-state index < -0.39 is 0 Å². The van der Waals surface area contributed by atoms with Gasteiger partial charge in [0.1, 0.15) is 11.9 Å². The Labute approximate surface area is 83.8 Å². The zero-order chi connectivity index (χ0) is 9.97. The highest BCUT2D eigenvalue weighted by molar-refractivity contribution is 5.32. The van der Waals surface area contributed by atoms with E-state index in [1.807, 2.05) is 31.2 Å². The van der Waals surface area contributed by atoms with E-state index in [0.29, 0.717) is 13.2 Å². The van der Waals surface area contributed by atoms with Crippen molar-refractivity contribution in [1.82, 2.24) is 0 Å². The molecule has 0 bridgehead atoms. The molecule has 76 valence electrons. The van der Waals surface area contributed by atoms with Crippen LogP contribution in [0.2, 0.25) is 0 Å². The molecule has 0 aliphatic carbocycles. The number of rotatable bonds is 2. The Morgan fingerprint density at radius 2 is 2.14 bits per heavy atom. The van der Waals surface area contributed by atoms with Crippen molar-refractivity contribution in [3.05, 3.63) is 29.8 Å². The van der Waals surface area contributed by atoms with E-state index >= 15 is 0 Å². The van der Waals surface area contributed by atoms with Gasteiger partial charge in [-0.15, -0.1) is 0 Å². The van der Waals surface area contributed by atoms with Crippen molar-refractivity contribution < 1.29 is 9.47 Å². The smallest absolute Gasteiger partial charge is 0.139 e. The minimum absolute atomic E-state index is 0.00361. The Hall–Kier alpha value is -1.06. The van der Waals surface area contributed by atoms with E-state index in [0.717, 1.165) is 11.3 Å². The number of hydrogen-bond donors (Lipinski definition) is 1. The van der Waals surface area contributed by atoms with Gasteiger partial charge < -0.3 is 15.2 Å². The molecule has 0 unspecified atom stereocenters. The van der Waals surface area contributed by atoms with Crippen molar-refractivity contribution in [1.29, 1.82) is 0 Å². The van der Waals surface area contributed by atoms with E-state index in [4.69, 9.17) is 15.2 Å². The van der Waals surface area contributed by atoms with Gasteiger partial charge in [0, 0.05) is 0 Å². The standard InChI is InChI=1S/C11H15NO2/c1-8-4-2-3-5-10(8)14-11-7-13-6-9(11)12/h2-5,9,11H,6-7,12H2,1H3/t9-,11+/m1/s1. The number of hydrogen-bond acceptors (Lipinski definition) is 3. The first-order valence-corrected chi connectivity index (χ1v) is 4.83. The second kappa shape index (κ2) is 3.98. The van der Waals surface area contributed by atoms with Crippen LogP contribution in [0.1, 0.15) is 5.56 Å². The maximum absolute atomic E-state index is 5.83. The molecule has 3 nitrogen and oxygen atoms in total. The van der Waals surface area contributed by atoms with Gasteiger partial charge in [0.2, 0.25) is 0 Å². The quantitative estimate of drug-likeness (QED) is 0.765. The van der Waals surface area contributed by atoms with E-state index in [1.54, 1.807) is 0 Å². The summed E-state index contributed by atoms with van der Waals surface area (Å²) in [5, 5.41) is 0. The van der Waals surface area contributed by atoms with Crippen molar-refractivity contribution in [2.24, 2.45) is 5.73 Å². The lowest BCUT2D eigenvalue weighted by molar-refractivity contribution is 0.140. The minimum Gasteiger partial charge on any atom is -0.486 e. The van der Waals surface area contributed by atoms with Crippen LogP contribution in [0.15, 0.2) is 24.3 Å². The maximum Gasteiger partial charge on any atom is 0.139 e. The summed E-state index contributed by atoms with van der Waals surface area (Å²) in [5.41, 5.74) is 6.96. The topological polar surface area (TPSA) is 44.5 Å². The Morgan fingerprint density at radius 1 is 1.36 bits per heavy atom. The van der Waals surface area contributed by atoms with Crippen LogP contribution in [0.5, 0.6) is 5.75 Å². The first-order valence-electron chi connectivity index (χ1n) is 4.83. The molecule has 1 aromatic rings. The highest BCUT2D eigenvalue weighted by atomic mass is 16.5. The monoisotopic (exact) mass is 193 g/mol. The van der Waals surface area contributed by atoms with Crippen LogP contribution in [0.3, 0.4) is 0 Å². The first-order chi connectivity index (χ1) is 6.77. The second-order valence-electron chi connectivity index (χ2n) is 3.62. The zero-order valence-corrected chi connectivity index (χ0v) is 8.27. The van der Waals surface area contributed by atoms with E-state index in [-0.39, 0.29) is 12.1 Å². The number of aryl methyl sites for hydroxylation is 1. The molecule has 14 heavy (non-hydrogen) atoms. The summed E-state index contributed by atoms with van der Waals surface area (Å²) in [7, 11) is 0. The minimum atomic E-state index is -0.00499. The Morgan fingerprint density at radius 3 is 2.79 bits per heavy atom. The first kappa shape index (κ1) is 9.49. The van der Waals surface area contributed by atoms with Crippen molar-refractivity contribution in [2.45, 2.75) is 19.1 Å². The highest BCUT2D eigenvalue weighted by Gasteiger charge is 2.26. The van der Waals surface area contributed by atoms with Crippen LogP contribution in [0, 0.1) is 6.92 Å². The van der Waals surface area contributed by atoms with Gasteiger partial charge >= 0.3 is 0 Å². The molecule has 1 saturated heterocycles. The molecule has 1 aromatic carbocycles. The fraction of sp³-hybridized carbons (Fsp3) is 0.455. The highest BCUT2D eigenvalue weighted by Crippen LogP contribution is 2.20. The van der Waals surface area contributed by atoms with Gasteiger partial charge in [0.25, 0.3) is 0 Å². The summed E-state index contributed by atoms with van der Waals surface area (Å²) in [6, 6.07) is 7.93. The summed E-state index contributed by atoms with van der Waals surface area (Å²) in [6.45, 7) is 3.21. The fourth-order valence-corrected chi connectivity index (χ4v) is 1.52. The molecule has 2 rings (SSSR count). The number of nitrogens with two attached hydrogens (primary N) is 1. The van der Waals surface area contributed by atoms with E-state index in [9.17, 15) is 0 Å². The lowest BCUT2D eigenvalue weighted by Gasteiger charge is -2.17. The molecule has 1 aliphatic heterocycles. The molecule has 0 spiro atoms. The van der Waals surface area contributed by atoms with Gasteiger partial charge in [-0.1, -0.05) is 18.2 Å². The Balaban J connectivity index is 2.07. The molecule has 0 radical (unpaired) electrons. The molecular weight excluding hydrogens is 178 g/mol. The maximum atomic E-state index is 5.83. The van der Waals surface area contributed by atoms with Crippen molar-refractivity contribution in [2.75, 3.05) is 13.2 Å². The van der Waals surface area contributed by atoms with Crippen molar-refractivity contribution >= 4 is 0 Å². The van der Waals surface area contributed by atoms with Gasteiger partial charge in [-0.25, -0.2) is 0 Å². The van der Waals surface area contributed by atoms with Crippen molar-refractivity contribution in [3.8, 4) is 5.75 Å². The Bertz CT molecular complexity index is 314. The van der Waals surface area contributed by atoms with E-state index in [2.05, 4.69) is 0 Å². The van der Waals surface area contributed by atoms with Gasteiger partial charge in [-0.2, -0.15) is 0 Å². The fourth-order valence-electron chi connectivity index (χ4n) is 1.52. The molecule has 1 aliphatic rings. The lowest BCUT2D eigenvalue weighted by Crippen LogP contribution is -2.37. The molecule has 3 heteroatoms. The number of benzene rings is 1. The van der Waals surface area contributed by atoms with Crippen LogP contribution < -0.4 is 10.5 Å². The predicted molar refractivity (Wildman–Crippen MR) is 54.4 cm³/mol. The van der Waals surface area contributed by atoms with Gasteiger partial charge in [0.05, 0.1) is 19.3 Å². The molecular formula is C11H15NO2. The largest absolute Gasteiger partial charge is 0.486 e.